The number of rotatable bonds is 3. The lowest BCUT2D eigenvalue weighted by molar-refractivity contribution is -0.385. The second kappa shape index (κ2) is 3.32. The fourth-order valence-electron chi connectivity index (χ4n) is 1.25. The summed E-state index contributed by atoms with van der Waals surface area (Å²) in [5, 5.41) is 18.6. The fourth-order valence-corrected chi connectivity index (χ4v) is 2.23. The molecular formula is C8H5F5N2O2S. The number of nitrogens with zero attached hydrogens (tertiary/aromatic N) is 2. The summed E-state index contributed by atoms with van der Waals surface area (Å²) in [5.41, 5.74) is -2.10. The number of nitro groups is 1. The number of halogens is 5. The average molecular weight is 288 g/mol. The van der Waals surface area contributed by atoms with E-state index in [1.807, 2.05) is 0 Å². The molecule has 0 N–H and O–H groups in total. The summed E-state index contributed by atoms with van der Waals surface area (Å²) in [5.74, 6) is 0. The van der Waals surface area contributed by atoms with Gasteiger partial charge in [-0.3, -0.25) is 10.1 Å². The van der Waals surface area contributed by atoms with Crippen LogP contribution < -0.4 is 0 Å². The van der Waals surface area contributed by atoms with Crippen LogP contribution >= 0.6 is 10.2 Å². The van der Waals surface area contributed by atoms with E-state index in [9.17, 15) is 29.5 Å². The molecule has 0 saturated carbocycles. The van der Waals surface area contributed by atoms with Crippen LogP contribution in [0.1, 0.15) is 5.56 Å². The van der Waals surface area contributed by atoms with Gasteiger partial charge in [0, 0.05) is 12.1 Å². The van der Waals surface area contributed by atoms with Crippen LogP contribution in [-0.4, -0.2) is 4.92 Å². The first-order chi connectivity index (χ1) is 7.85. The summed E-state index contributed by atoms with van der Waals surface area (Å²) >= 11 is 0. The molecule has 0 aliphatic rings. The molecule has 1 rings (SSSR count). The Labute approximate surface area is 97.5 Å². The fraction of sp³-hybridized carbons (Fsp3) is 0.125. The molecule has 1 aromatic rings. The van der Waals surface area contributed by atoms with Gasteiger partial charge in [0.2, 0.25) is 0 Å². The molecule has 0 heterocycles. The third-order valence-electron chi connectivity index (χ3n) is 1.95. The Morgan fingerprint density at radius 3 is 2.22 bits per heavy atom. The van der Waals surface area contributed by atoms with Gasteiger partial charge < -0.3 is 0 Å². The van der Waals surface area contributed by atoms with E-state index >= 15 is 0 Å². The predicted molar refractivity (Wildman–Crippen MR) is 53.8 cm³/mol. The smallest absolute Gasteiger partial charge is 0.258 e. The highest BCUT2D eigenvalue weighted by molar-refractivity contribution is 8.45. The number of nitro benzene ring substituents is 1. The van der Waals surface area contributed by atoms with Crippen molar-refractivity contribution in [3.8, 4) is 6.07 Å². The summed E-state index contributed by atoms with van der Waals surface area (Å²) in [6.45, 7) is 0. The van der Waals surface area contributed by atoms with Gasteiger partial charge in [-0.15, -0.1) is 0 Å². The number of benzene rings is 1. The lowest BCUT2D eigenvalue weighted by Crippen LogP contribution is -2.10. The van der Waals surface area contributed by atoms with Crippen LogP contribution in [0, 0.1) is 21.4 Å². The van der Waals surface area contributed by atoms with E-state index in [1.165, 1.54) is 6.07 Å². The van der Waals surface area contributed by atoms with Gasteiger partial charge in [-0.25, -0.2) is 0 Å². The molecule has 0 aromatic heterocycles. The zero-order valence-electron chi connectivity index (χ0n) is 8.45. The zero-order chi connectivity index (χ0) is 14.3. The molecular weight excluding hydrogens is 283 g/mol. The number of nitriles is 1. The molecule has 18 heavy (non-hydrogen) atoms. The van der Waals surface area contributed by atoms with Gasteiger partial charge in [0.25, 0.3) is 5.69 Å². The van der Waals surface area contributed by atoms with Gasteiger partial charge in [0.05, 0.1) is 17.4 Å². The predicted octanol–water partition coefficient (Wildman–Crippen LogP) is 4.32. The van der Waals surface area contributed by atoms with Gasteiger partial charge >= 0.3 is 10.2 Å². The Hall–Kier alpha value is -1.89. The van der Waals surface area contributed by atoms with E-state index in [0.29, 0.717) is 12.1 Å². The maximum absolute atomic E-state index is 12.6. The molecule has 0 unspecified atom stereocenters. The molecule has 0 atom stereocenters. The minimum atomic E-state index is -10.1. The first-order valence-corrected chi connectivity index (χ1v) is 6.18. The minimum absolute atomic E-state index is 0.242. The Bertz CT molecular complexity index is 563. The number of non-ortho nitro benzene ring substituents is 1. The Balaban J connectivity index is 3.64. The van der Waals surface area contributed by atoms with Crippen LogP contribution in [0.3, 0.4) is 0 Å². The lowest BCUT2D eigenvalue weighted by atomic mass is 10.1. The summed E-state index contributed by atoms with van der Waals surface area (Å²) in [6, 6.07) is 2.20. The van der Waals surface area contributed by atoms with Crippen LogP contribution in [0.25, 0.3) is 0 Å². The van der Waals surface area contributed by atoms with Crippen molar-refractivity contribution < 1.29 is 24.4 Å². The molecule has 100 valence electrons. The molecule has 0 saturated heterocycles. The van der Waals surface area contributed by atoms with Crippen molar-refractivity contribution in [3.05, 3.63) is 33.9 Å². The first kappa shape index (κ1) is 14.2. The highest BCUT2D eigenvalue weighted by Gasteiger charge is 2.66. The number of hydrogen-bond donors (Lipinski definition) is 0. The molecule has 0 spiro atoms. The van der Waals surface area contributed by atoms with Crippen LogP contribution in [0.4, 0.5) is 25.1 Å². The van der Waals surface area contributed by atoms with Gasteiger partial charge in [-0.1, -0.05) is 19.4 Å². The van der Waals surface area contributed by atoms with E-state index in [0.717, 1.165) is 0 Å². The van der Waals surface area contributed by atoms with Gasteiger partial charge in [0.15, 0.2) is 0 Å². The highest BCUT2D eigenvalue weighted by atomic mass is 32.5. The largest absolute Gasteiger partial charge is 0.310 e. The quantitative estimate of drug-likeness (QED) is 0.472. The van der Waals surface area contributed by atoms with Gasteiger partial charge in [-0.05, 0) is 11.6 Å². The number of hydrogen-bond acceptors (Lipinski definition) is 3. The molecule has 1 aromatic carbocycles. The molecule has 0 bridgehead atoms. The third-order valence-corrected chi connectivity index (χ3v) is 3.16. The van der Waals surface area contributed by atoms with Crippen molar-refractivity contribution in [1.82, 2.24) is 0 Å². The second-order valence-electron chi connectivity index (χ2n) is 3.35. The Morgan fingerprint density at radius 2 is 1.83 bits per heavy atom. The SMILES string of the molecule is N#CCc1ccc([N+](=O)[O-])cc1S(F)(F)(F)(F)F. The molecule has 0 radical (unpaired) electrons. The standard InChI is InChI=1S/C8H5F5N2O2S/c9-18(10,11,12,13)8-5-7(15(16)17)2-1-6(8)3-4-14/h1-2,5H,3H2. The molecule has 0 aliphatic heterocycles. The van der Waals surface area contributed by atoms with E-state index in [1.54, 1.807) is 0 Å². The molecule has 10 heteroatoms. The van der Waals surface area contributed by atoms with Crippen LogP contribution in [0.15, 0.2) is 23.1 Å². The van der Waals surface area contributed by atoms with Crippen molar-refractivity contribution >= 4 is 15.9 Å². The summed E-state index contributed by atoms with van der Waals surface area (Å²) in [6.07, 6.45) is -0.918. The lowest BCUT2D eigenvalue weighted by Gasteiger charge is -2.41. The summed E-state index contributed by atoms with van der Waals surface area (Å²) < 4.78 is 63.2. The normalized spacial score (nSPS) is 15.3. The van der Waals surface area contributed by atoms with Crippen molar-refractivity contribution in [2.24, 2.45) is 0 Å². The molecule has 0 fully saturated rings. The molecule has 0 aliphatic carbocycles. The third kappa shape index (κ3) is 3.07. The summed E-state index contributed by atoms with van der Waals surface area (Å²) in [4.78, 5) is 6.70. The zero-order valence-corrected chi connectivity index (χ0v) is 9.26. The summed E-state index contributed by atoms with van der Waals surface area (Å²) in [7, 11) is -10.1. The van der Waals surface area contributed by atoms with Gasteiger partial charge in [0.1, 0.15) is 4.90 Å². The highest BCUT2D eigenvalue weighted by Crippen LogP contribution is 3.02. The van der Waals surface area contributed by atoms with Crippen molar-refractivity contribution in [3.63, 3.8) is 0 Å². The second-order valence-corrected chi connectivity index (χ2v) is 5.73. The maximum atomic E-state index is 12.6. The van der Waals surface area contributed by atoms with E-state index < -0.39 is 37.7 Å². The maximum Gasteiger partial charge on any atom is 0.310 e. The molecule has 0 amide bonds. The van der Waals surface area contributed by atoms with Crippen molar-refractivity contribution in [2.75, 3.05) is 0 Å². The average Bonchev–Trinajstić information content (AvgIpc) is 2.14. The van der Waals surface area contributed by atoms with Crippen LogP contribution in [0.2, 0.25) is 0 Å². The van der Waals surface area contributed by atoms with Crippen molar-refractivity contribution in [2.45, 2.75) is 11.3 Å². The Morgan fingerprint density at radius 1 is 1.28 bits per heavy atom. The van der Waals surface area contributed by atoms with Crippen molar-refractivity contribution in [1.29, 1.82) is 5.26 Å². The van der Waals surface area contributed by atoms with Crippen LogP contribution in [-0.2, 0) is 6.42 Å². The van der Waals surface area contributed by atoms with E-state index in [2.05, 4.69) is 0 Å². The van der Waals surface area contributed by atoms with Crippen LogP contribution in [0.5, 0.6) is 0 Å². The monoisotopic (exact) mass is 288 g/mol. The molecule has 4 nitrogen and oxygen atoms in total. The minimum Gasteiger partial charge on any atom is -0.258 e. The topological polar surface area (TPSA) is 66.9 Å². The van der Waals surface area contributed by atoms with Gasteiger partial charge in [-0.2, -0.15) is 5.26 Å². The van der Waals surface area contributed by atoms with E-state index in [-0.39, 0.29) is 6.07 Å². The Kier molecular flexibility index (Phi) is 2.61. The first-order valence-electron chi connectivity index (χ1n) is 4.23. The van der Waals surface area contributed by atoms with E-state index in [4.69, 9.17) is 5.26 Å².